The summed E-state index contributed by atoms with van der Waals surface area (Å²) in [4.78, 5) is 14.6. The first-order valence-corrected chi connectivity index (χ1v) is 7.74. The topological polar surface area (TPSA) is 55.6 Å². The van der Waals surface area contributed by atoms with E-state index in [0.717, 1.165) is 32.4 Å². The van der Waals surface area contributed by atoms with Crippen LogP contribution in [0.4, 0.5) is 5.69 Å². The van der Waals surface area contributed by atoms with Gasteiger partial charge in [-0.25, -0.2) is 0 Å². The predicted octanol–water partition coefficient (Wildman–Crippen LogP) is 3.32. The molecular weight excluding hydrogens is 264 g/mol. The number of ether oxygens (including phenoxy) is 1. The lowest BCUT2D eigenvalue weighted by molar-refractivity contribution is 0.0757. The minimum Gasteiger partial charge on any atom is -0.494 e. The van der Waals surface area contributed by atoms with Crippen molar-refractivity contribution in [2.45, 2.75) is 40.0 Å². The van der Waals surface area contributed by atoms with Gasteiger partial charge in [0.1, 0.15) is 5.75 Å². The van der Waals surface area contributed by atoms with Crippen LogP contribution in [-0.4, -0.2) is 30.5 Å². The Morgan fingerprint density at radius 1 is 1.29 bits per heavy atom. The fraction of sp³-hybridized carbons (Fsp3) is 0.588. The normalized spacial score (nSPS) is 18.1. The average molecular weight is 290 g/mol. The van der Waals surface area contributed by atoms with Gasteiger partial charge in [0.05, 0.1) is 6.61 Å². The number of hydrogen-bond acceptors (Lipinski definition) is 3. The highest BCUT2D eigenvalue weighted by Gasteiger charge is 2.26. The van der Waals surface area contributed by atoms with E-state index < -0.39 is 0 Å². The number of nitrogens with two attached hydrogens (primary N) is 1. The number of carbonyl (C=O) groups is 1. The van der Waals surface area contributed by atoms with Crippen molar-refractivity contribution in [3.63, 3.8) is 0 Å². The molecule has 0 aliphatic carbocycles. The molecule has 0 spiro atoms. The molecule has 0 radical (unpaired) electrons. The van der Waals surface area contributed by atoms with E-state index in [9.17, 15) is 4.79 Å². The third kappa shape index (κ3) is 4.13. The maximum Gasteiger partial charge on any atom is 0.254 e. The van der Waals surface area contributed by atoms with Crippen LogP contribution < -0.4 is 10.5 Å². The number of hydrogen-bond donors (Lipinski definition) is 1. The van der Waals surface area contributed by atoms with Gasteiger partial charge in [-0.3, -0.25) is 4.79 Å². The summed E-state index contributed by atoms with van der Waals surface area (Å²) in [6.07, 6.45) is 3.26. The maximum atomic E-state index is 12.7. The quantitative estimate of drug-likeness (QED) is 0.869. The molecular formula is C17H26N2O2. The van der Waals surface area contributed by atoms with Crippen LogP contribution in [0.5, 0.6) is 5.75 Å². The molecule has 21 heavy (non-hydrogen) atoms. The molecule has 0 saturated carbocycles. The zero-order valence-electron chi connectivity index (χ0n) is 13.3. The molecule has 0 unspecified atom stereocenters. The number of amides is 1. The highest BCUT2D eigenvalue weighted by molar-refractivity contribution is 5.95. The van der Waals surface area contributed by atoms with E-state index in [1.54, 1.807) is 18.2 Å². The van der Waals surface area contributed by atoms with E-state index in [2.05, 4.69) is 13.8 Å². The van der Waals surface area contributed by atoms with Gasteiger partial charge in [0.15, 0.2) is 0 Å². The summed E-state index contributed by atoms with van der Waals surface area (Å²) in [6, 6.07) is 5.28. The summed E-state index contributed by atoms with van der Waals surface area (Å²) in [5, 5.41) is 0. The molecule has 2 rings (SSSR count). The van der Waals surface area contributed by atoms with Crippen molar-refractivity contribution in [1.82, 2.24) is 4.90 Å². The number of carbonyl (C=O) groups excluding carboxylic acids is 1. The Morgan fingerprint density at radius 2 is 2.05 bits per heavy atom. The number of nitrogen functional groups attached to an aromatic ring is 1. The van der Waals surface area contributed by atoms with Gasteiger partial charge in [-0.05, 0) is 43.7 Å². The van der Waals surface area contributed by atoms with Gasteiger partial charge in [-0.2, -0.15) is 0 Å². The van der Waals surface area contributed by atoms with Crippen LogP contribution >= 0.6 is 0 Å². The summed E-state index contributed by atoms with van der Waals surface area (Å²) < 4.78 is 5.47. The molecule has 1 aromatic carbocycles. The first-order chi connectivity index (χ1) is 9.91. The van der Waals surface area contributed by atoms with Crippen molar-refractivity contribution in [1.29, 1.82) is 0 Å². The van der Waals surface area contributed by atoms with Crippen LogP contribution in [0, 0.1) is 5.41 Å². The zero-order valence-corrected chi connectivity index (χ0v) is 13.3. The Labute approximate surface area is 127 Å². The maximum absolute atomic E-state index is 12.7. The molecule has 1 aliphatic rings. The first kappa shape index (κ1) is 15.7. The number of likely N-dealkylation sites (tertiary alicyclic amines) is 1. The number of benzene rings is 1. The molecule has 116 valence electrons. The Morgan fingerprint density at radius 3 is 2.76 bits per heavy atom. The molecule has 2 N–H and O–H groups in total. The minimum atomic E-state index is 0.0564. The summed E-state index contributed by atoms with van der Waals surface area (Å²) in [5.74, 6) is 0.719. The number of nitrogens with zero attached hydrogens (tertiary/aromatic N) is 1. The van der Waals surface area contributed by atoms with Gasteiger partial charge >= 0.3 is 0 Å². The SMILES string of the molecule is CCOc1cc(N)cc(C(=O)N2CCCC(C)(C)CC2)c1. The van der Waals surface area contributed by atoms with Crippen LogP contribution in [0.1, 0.15) is 50.4 Å². The van der Waals surface area contributed by atoms with E-state index in [1.807, 2.05) is 11.8 Å². The molecule has 1 amide bonds. The summed E-state index contributed by atoms with van der Waals surface area (Å²) >= 11 is 0. The third-order valence-electron chi connectivity index (χ3n) is 4.11. The Hall–Kier alpha value is -1.71. The van der Waals surface area contributed by atoms with Gasteiger partial charge in [-0.1, -0.05) is 13.8 Å². The van der Waals surface area contributed by atoms with Crippen LogP contribution in [0.2, 0.25) is 0 Å². The Balaban J connectivity index is 2.15. The monoisotopic (exact) mass is 290 g/mol. The van der Waals surface area contributed by atoms with Crippen molar-refractivity contribution < 1.29 is 9.53 Å². The molecule has 1 saturated heterocycles. The van der Waals surface area contributed by atoms with Gasteiger partial charge in [0.25, 0.3) is 5.91 Å². The van der Waals surface area contributed by atoms with Crippen LogP contribution in [0.3, 0.4) is 0 Å². The van der Waals surface area contributed by atoms with Crippen molar-refractivity contribution >= 4 is 11.6 Å². The molecule has 1 aliphatic heterocycles. The fourth-order valence-corrected chi connectivity index (χ4v) is 2.80. The Kier molecular flexibility index (Phi) is 4.76. The van der Waals surface area contributed by atoms with Crippen LogP contribution in [0.25, 0.3) is 0 Å². The van der Waals surface area contributed by atoms with E-state index >= 15 is 0 Å². The van der Waals surface area contributed by atoms with E-state index in [-0.39, 0.29) is 5.91 Å². The molecule has 1 fully saturated rings. The molecule has 0 aromatic heterocycles. The second-order valence-electron chi connectivity index (χ2n) is 6.53. The molecule has 4 heteroatoms. The standard InChI is InChI=1S/C17H26N2O2/c1-4-21-15-11-13(10-14(18)12-15)16(20)19-8-5-6-17(2,3)7-9-19/h10-12H,4-9,18H2,1-3H3. The highest BCUT2D eigenvalue weighted by Crippen LogP contribution is 2.30. The lowest BCUT2D eigenvalue weighted by atomic mass is 9.85. The first-order valence-electron chi connectivity index (χ1n) is 7.74. The Bertz CT molecular complexity index is 512. The van der Waals surface area contributed by atoms with E-state index in [4.69, 9.17) is 10.5 Å². The zero-order chi connectivity index (χ0) is 15.5. The largest absolute Gasteiger partial charge is 0.494 e. The predicted molar refractivity (Wildman–Crippen MR) is 85.6 cm³/mol. The van der Waals surface area contributed by atoms with Gasteiger partial charge in [0.2, 0.25) is 0 Å². The van der Waals surface area contributed by atoms with Crippen LogP contribution in [0.15, 0.2) is 18.2 Å². The van der Waals surface area contributed by atoms with E-state index in [0.29, 0.717) is 29.0 Å². The number of rotatable bonds is 3. The third-order valence-corrected chi connectivity index (χ3v) is 4.11. The smallest absolute Gasteiger partial charge is 0.254 e. The van der Waals surface area contributed by atoms with Crippen molar-refractivity contribution in [2.24, 2.45) is 5.41 Å². The van der Waals surface area contributed by atoms with Crippen LogP contribution in [-0.2, 0) is 0 Å². The molecule has 0 bridgehead atoms. The van der Waals surface area contributed by atoms with E-state index in [1.165, 1.54) is 0 Å². The number of anilines is 1. The second kappa shape index (κ2) is 6.37. The minimum absolute atomic E-state index is 0.0564. The van der Waals surface area contributed by atoms with Crippen molar-refractivity contribution in [2.75, 3.05) is 25.4 Å². The average Bonchev–Trinajstić information content (AvgIpc) is 2.58. The summed E-state index contributed by atoms with van der Waals surface area (Å²) in [5.41, 5.74) is 7.39. The van der Waals surface area contributed by atoms with Gasteiger partial charge in [0, 0.05) is 30.4 Å². The second-order valence-corrected chi connectivity index (χ2v) is 6.53. The molecule has 1 aromatic rings. The van der Waals surface area contributed by atoms with Gasteiger partial charge in [-0.15, -0.1) is 0 Å². The highest BCUT2D eigenvalue weighted by atomic mass is 16.5. The fourth-order valence-electron chi connectivity index (χ4n) is 2.80. The molecule has 0 atom stereocenters. The lowest BCUT2D eigenvalue weighted by Crippen LogP contribution is -2.32. The van der Waals surface area contributed by atoms with Crippen molar-refractivity contribution in [3.8, 4) is 5.75 Å². The van der Waals surface area contributed by atoms with Crippen molar-refractivity contribution in [3.05, 3.63) is 23.8 Å². The summed E-state index contributed by atoms with van der Waals surface area (Å²) in [6.45, 7) is 8.66. The lowest BCUT2D eigenvalue weighted by Gasteiger charge is -2.23. The summed E-state index contributed by atoms with van der Waals surface area (Å²) in [7, 11) is 0. The molecule has 1 heterocycles. The molecule has 4 nitrogen and oxygen atoms in total. The van der Waals surface area contributed by atoms with Gasteiger partial charge < -0.3 is 15.4 Å².